The van der Waals surface area contributed by atoms with E-state index in [1.807, 2.05) is 0 Å². The van der Waals surface area contributed by atoms with Gasteiger partial charge in [0.15, 0.2) is 11.6 Å². The number of pyridine rings is 1. The lowest BCUT2D eigenvalue weighted by atomic mass is 10.3. The predicted octanol–water partition coefficient (Wildman–Crippen LogP) is 1.28. The molecular weight excluding hydrogens is 233 g/mol. The van der Waals surface area contributed by atoms with Crippen LogP contribution < -0.4 is 10.6 Å². The number of nitrogens with zero attached hydrogens (tertiary/aromatic N) is 2. The maximum absolute atomic E-state index is 13.5. The lowest BCUT2D eigenvalue weighted by Crippen LogP contribution is -2.39. The summed E-state index contributed by atoms with van der Waals surface area (Å²) in [5.74, 6) is -0.226. The molecule has 0 saturated carbocycles. The van der Waals surface area contributed by atoms with E-state index in [1.165, 1.54) is 12.3 Å². The summed E-state index contributed by atoms with van der Waals surface area (Å²) in [6.45, 7) is 0.874. The van der Waals surface area contributed by atoms with Gasteiger partial charge < -0.3 is 15.4 Å². The molecule has 0 aliphatic carbocycles. The van der Waals surface area contributed by atoms with Crippen molar-refractivity contribution in [2.24, 2.45) is 5.73 Å². The second-order valence-corrected chi connectivity index (χ2v) is 3.99. The summed E-state index contributed by atoms with van der Waals surface area (Å²) >= 11 is 5.61. The molecule has 1 atom stereocenters. The minimum absolute atomic E-state index is 0.188. The Labute approximate surface area is 99.2 Å². The predicted molar refractivity (Wildman–Crippen MR) is 62.3 cm³/mol. The Balaban J connectivity index is 2.69. The molecule has 0 aliphatic heterocycles. The summed E-state index contributed by atoms with van der Waals surface area (Å²) in [7, 11) is 3.29. The molecule has 6 heteroatoms. The smallest absolute Gasteiger partial charge is 0.167 e. The number of aromatic nitrogens is 1. The van der Waals surface area contributed by atoms with Crippen LogP contribution in [0.4, 0.5) is 10.2 Å². The molecule has 1 aromatic rings. The largest absolute Gasteiger partial charge is 0.383 e. The van der Waals surface area contributed by atoms with Crippen LogP contribution >= 0.6 is 11.6 Å². The summed E-state index contributed by atoms with van der Waals surface area (Å²) in [5, 5.41) is 0.274. The number of likely N-dealkylation sites (N-methyl/N-ethyl adjacent to an activating group) is 1. The molecule has 0 bridgehead atoms. The number of methoxy groups -OCH3 is 1. The normalized spacial score (nSPS) is 12.6. The van der Waals surface area contributed by atoms with E-state index in [1.54, 1.807) is 19.1 Å². The fourth-order valence-electron chi connectivity index (χ4n) is 1.39. The SMILES string of the molecule is COCC(N)CN(C)c1ncc(Cl)cc1F. The molecule has 0 fully saturated rings. The van der Waals surface area contributed by atoms with Gasteiger partial charge >= 0.3 is 0 Å². The highest BCUT2D eigenvalue weighted by Gasteiger charge is 2.12. The van der Waals surface area contributed by atoms with Crippen LogP contribution in [0.25, 0.3) is 0 Å². The topological polar surface area (TPSA) is 51.4 Å². The molecule has 1 unspecified atom stereocenters. The minimum Gasteiger partial charge on any atom is -0.383 e. The Morgan fingerprint density at radius 1 is 1.69 bits per heavy atom. The van der Waals surface area contributed by atoms with Gasteiger partial charge in [0.05, 0.1) is 11.6 Å². The van der Waals surface area contributed by atoms with Gasteiger partial charge in [0.1, 0.15) is 0 Å². The zero-order valence-corrected chi connectivity index (χ0v) is 10.0. The number of rotatable bonds is 5. The fraction of sp³-hybridized carbons (Fsp3) is 0.500. The highest BCUT2D eigenvalue weighted by Crippen LogP contribution is 2.18. The molecule has 0 saturated heterocycles. The Morgan fingerprint density at radius 3 is 2.94 bits per heavy atom. The van der Waals surface area contributed by atoms with Crippen molar-refractivity contribution in [3.05, 3.63) is 23.1 Å². The number of hydrogen-bond acceptors (Lipinski definition) is 4. The number of anilines is 1. The first-order chi connectivity index (χ1) is 7.54. The van der Waals surface area contributed by atoms with E-state index < -0.39 is 5.82 Å². The Bertz CT molecular complexity index is 351. The molecular formula is C10H15ClFN3O. The van der Waals surface area contributed by atoms with Crippen molar-refractivity contribution in [2.75, 3.05) is 32.2 Å². The van der Waals surface area contributed by atoms with Gasteiger partial charge in [-0.25, -0.2) is 9.37 Å². The molecule has 1 heterocycles. The van der Waals surface area contributed by atoms with Crippen molar-refractivity contribution in [1.82, 2.24) is 4.98 Å². The Hall–Kier alpha value is -0.910. The van der Waals surface area contributed by atoms with E-state index in [-0.39, 0.29) is 16.9 Å². The lowest BCUT2D eigenvalue weighted by Gasteiger charge is -2.22. The third kappa shape index (κ3) is 3.59. The minimum atomic E-state index is -0.459. The van der Waals surface area contributed by atoms with Crippen molar-refractivity contribution in [2.45, 2.75) is 6.04 Å². The van der Waals surface area contributed by atoms with Crippen LogP contribution in [0, 0.1) is 5.82 Å². The van der Waals surface area contributed by atoms with Crippen LogP contribution in [0.3, 0.4) is 0 Å². The molecule has 16 heavy (non-hydrogen) atoms. The molecule has 90 valence electrons. The van der Waals surface area contributed by atoms with Crippen LogP contribution in [0.15, 0.2) is 12.3 Å². The summed E-state index contributed by atoms with van der Waals surface area (Å²) in [4.78, 5) is 5.55. The fourth-order valence-corrected chi connectivity index (χ4v) is 1.54. The molecule has 0 radical (unpaired) electrons. The third-order valence-electron chi connectivity index (χ3n) is 2.04. The molecule has 2 N–H and O–H groups in total. The third-order valence-corrected chi connectivity index (χ3v) is 2.25. The van der Waals surface area contributed by atoms with E-state index >= 15 is 0 Å². The van der Waals surface area contributed by atoms with Crippen molar-refractivity contribution >= 4 is 17.4 Å². The zero-order valence-electron chi connectivity index (χ0n) is 9.28. The molecule has 1 rings (SSSR count). The second kappa shape index (κ2) is 5.98. The van der Waals surface area contributed by atoms with Gasteiger partial charge in [-0.3, -0.25) is 0 Å². The van der Waals surface area contributed by atoms with E-state index in [4.69, 9.17) is 22.1 Å². The second-order valence-electron chi connectivity index (χ2n) is 3.55. The molecule has 4 nitrogen and oxygen atoms in total. The average molecular weight is 248 g/mol. The summed E-state index contributed by atoms with van der Waals surface area (Å²) in [6.07, 6.45) is 1.40. The number of ether oxygens (including phenoxy) is 1. The quantitative estimate of drug-likeness (QED) is 0.852. The number of halogens is 2. The van der Waals surface area contributed by atoms with E-state index in [0.29, 0.717) is 13.2 Å². The first-order valence-corrected chi connectivity index (χ1v) is 5.19. The highest BCUT2D eigenvalue weighted by atomic mass is 35.5. The summed E-state index contributed by atoms with van der Waals surface area (Å²) in [6, 6.07) is 1.04. The van der Waals surface area contributed by atoms with Gasteiger partial charge in [-0.1, -0.05) is 11.6 Å². The van der Waals surface area contributed by atoms with Crippen molar-refractivity contribution in [3.63, 3.8) is 0 Å². The van der Waals surface area contributed by atoms with E-state index in [9.17, 15) is 4.39 Å². The number of hydrogen-bond donors (Lipinski definition) is 1. The highest BCUT2D eigenvalue weighted by molar-refractivity contribution is 6.30. The van der Waals surface area contributed by atoms with Crippen LogP contribution in [0.2, 0.25) is 5.02 Å². The van der Waals surface area contributed by atoms with Crippen LogP contribution in [-0.4, -0.2) is 38.3 Å². The van der Waals surface area contributed by atoms with Gasteiger partial charge in [0, 0.05) is 32.9 Å². The van der Waals surface area contributed by atoms with E-state index in [2.05, 4.69) is 4.98 Å². The van der Waals surface area contributed by atoms with Gasteiger partial charge in [-0.2, -0.15) is 0 Å². The van der Waals surface area contributed by atoms with Crippen molar-refractivity contribution in [1.29, 1.82) is 0 Å². The van der Waals surface area contributed by atoms with Crippen LogP contribution in [0.5, 0.6) is 0 Å². The lowest BCUT2D eigenvalue weighted by molar-refractivity contribution is 0.181. The molecule has 1 aromatic heterocycles. The average Bonchev–Trinajstić information content (AvgIpc) is 2.17. The molecule has 0 amide bonds. The van der Waals surface area contributed by atoms with Crippen LogP contribution in [-0.2, 0) is 4.74 Å². The van der Waals surface area contributed by atoms with Gasteiger partial charge in [0.25, 0.3) is 0 Å². The number of nitrogens with two attached hydrogens (primary N) is 1. The van der Waals surface area contributed by atoms with E-state index in [0.717, 1.165) is 0 Å². The first-order valence-electron chi connectivity index (χ1n) is 4.81. The van der Waals surface area contributed by atoms with Gasteiger partial charge in [0.2, 0.25) is 0 Å². The first kappa shape index (κ1) is 13.2. The summed E-state index contributed by atoms with van der Waals surface area (Å²) < 4.78 is 18.4. The molecule has 0 aromatic carbocycles. The zero-order chi connectivity index (χ0) is 12.1. The maximum atomic E-state index is 13.5. The Morgan fingerprint density at radius 2 is 2.38 bits per heavy atom. The Kier molecular flexibility index (Phi) is 4.92. The molecule has 0 aliphatic rings. The standard InChI is InChI=1S/C10H15ClFN3O/c1-15(5-8(13)6-16-2)10-9(12)3-7(11)4-14-10/h3-4,8H,5-6,13H2,1-2H3. The molecule has 0 spiro atoms. The monoisotopic (exact) mass is 247 g/mol. The van der Waals surface area contributed by atoms with Gasteiger partial charge in [-0.05, 0) is 6.07 Å². The van der Waals surface area contributed by atoms with Crippen LogP contribution in [0.1, 0.15) is 0 Å². The van der Waals surface area contributed by atoms with Gasteiger partial charge in [-0.15, -0.1) is 0 Å². The van der Waals surface area contributed by atoms with Crippen molar-refractivity contribution in [3.8, 4) is 0 Å². The summed E-state index contributed by atoms with van der Waals surface area (Å²) in [5.41, 5.74) is 5.76. The maximum Gasteiger partial charge on any atom is 0.167 e. The van der Waals surface area contributed by atoms with Crippen molar-refractivity contribution < 1.29 is 9.13 Å².